The summed E-state index contributed by atoms with van der Waals surface area (Å²) in [6.45, 7) is 2.92. The van der Waals surface area contributed by atoms with Crippen molar-refractivity contribution in [3.8, 4) is 11.5 Å². The van der Waals surface area contributed by atoms with Crippen molar-refractivity contribution < 1.29 is 10.2 Å². The summed E-state index contributed by atoms with van der Waals surface area (Å²) in [6.07, 6.45) is 0. The SMILES string of the molecule is CCn1c2cc(O)ccc2c2ccc3cc(O)ccc3c21. The summed E-state index contributed by atoms with van der Waals surface area (Å²) in [5, 5.41) is 23.9. The number of nitrogens with zero attached hydrogens (tertiary/aromatic N) is 1. The number of phenols is 2. The molecule has 4 rings (SSSR count). The third kappa shape index (κ3) is 1.61. The lowest BCUT2D eigenvalue weighted by Gasteiger charge is -2.06. The van der Waals surface area contributed by atoms with Gasteiger partial charge in [-0.05, 0) is 42.6 Å². The van der Waals surface area contributed by atoms with Gasteiger partial charge in [-0.3, -0.25) is 0 Å². The van der Waals surface area contributed by atoms with Crippen molar-refractivity contribution in [1.82, 2.24) is 4.57 Å². The van der Waals surface area contributed by atoms with E-state index in [1.807, 2.05) is 24.3 Å². The largest absolute Gasteiger partial charge is 0.508 e. The topological polar surface area (TPSA) is 45.4 Å². The Hall–Kier alpha value is -2.68. The molecule has 3 aromatic carbocycles. The molecular weight excluding hydrogens is 262 g/mol. The van der Waals surface area contributed by atoms with Crippen molar-refractivity contribution in [1.29, 1.82) is 0 Å². The molecule has 104 valence electrons. The number of aromatic nitrogens is 1. The van der Waals surface area contributed by atoms with Gasteiger partial charge >= 0.3 is 0 Å². The van der Waals surface area contributed by atoms with Crippen LogP contribution in [0.2, 0.25) is 0 Å². The maximum absolute atomic E-state index is 9.78. The first-order valence-corrected chi connectivity index (χ1v) is 7.05. The molecule has 0 aliphatic carbocycles. The van der Waals surface area contributed by atoms with Gasteiger partial charge in [-0.25, -0.2) is 0 Å². The molecule has 3 nitrogen and oxygen atoms in total. The maximum Gasteiger partial charge on any atom is 0.117 e. The smallest absolute Gasteiger partial charge is 0.117 e. The Bertz CT molecular complexity index is 999. The van der Waals surface area contributed by atoms with Crippen molar-refractivity contribution in [2.24, 2.45) is 0 Å². The lowest BCUT2D eigenvalue weighted by Crippen LogP contribution is -1.93. The van der Waals surface area contributed by atoms with Crippen LogP contribution in [0.1, 0.15) is 6.92 Å². The standard InChI is InChI=1S/C18H15NO2/c1-2-19-17-10-13(21)5-8-15(17)16-6-3-11-9-12(20)4-7-14(11)18(16)19/h3-10,20-21H,2H2,1H3. The van der Waals surface area contributed by atoms with E-state index in [0.717, 1.165) is 33.7 Å². The summed E-state index contributed by atoms with van der Waals surface area (Å²) in [5.74, 6) is 0.556. The third-order valence-corrected chi connectivity index (χ3v) is 4.12. The Kier molecular flexibility index (Phi) is 2.39. The van der Waals surface area contributed by atoms with E-state index in [-0.39, 0.29) is 11.5 Å². The second-order valence-corrected chi connectivity index (χ2v) is 5.31. The van der Waals surface area contributed by atoms with Crippen LogP contribution in [0, 0.1) is 0 Å². The highest BCUT2D eigenvalue weighted by Crippen LogP contribution is 2.36. The van der Waals surface area contributed by atoms with Crippen LogP contribution in [-0.4, -0.2) is 14.8 Å². The van der Waals surface area contributed by atoms with Crippen molar-refractivity contribution in [3.63, 3.8) is 0 Å². The van der Waals surface area contributed by atoms with E-state index in [1.54, 1.807) is 18.2 Å². The van der Waals surface area contributed by atoms with Gasteiger partial charge in [-0.15, -0.1) is 0 Å². The van der Waals surface area contributed by atoms with Gasteiger partial charge in [0, 0.05) is 28.8 Å². The van der Waals surface area contributed by atoms with Crippen LogP contribution < -0.4 is 0 Å². The molecular formula is C18H15NO2. The summed E-state index contributed by atoms with van der Waals surface area (Å²) < 4.78 is 2.21. The quantitative estimate of drug-likeness (QED) is 0.542. The van der Waals surface area contributed by atoms with Crippen LogP contribution in [0.4, 0.5) is 0 Å². The Balaban J connectivity index is 2.30. The zero-order valence-electron chi connectivity index (χ0n) is 11.7. The number of aryl methyl sites for hydroxylation is 1. The zero-order valence-corrected chi connectivity index (χ0v) is 11.7. The molecule has 21 heavy (non-hydrogen) atoms. The molecule has 0 spiro atoms. The molecule has 0 aliphatic heterocycles. The Morgan fingerprint density at radius 3 is 2.24 bits per heavy atom. The van der Waals surface area contributed by atoms with Gasteiger partial charge in [0.05, 0.1) is 11.0 Å². The van der Waals surface area contributed by atoms with Crippen LogP contribution in [0.3, 0.4) is 0 Å². The first-order valence-electron chi connectivity index (χ1n) is 7.05. The van der Waals surface area contributed by atoms with Gasteiger partial charge in [0.1, 0.15) is 11.5 Å². The second kappa shape index (κ2) is 4.16. The number of rotatable bonds is 1. The molecule has 0 saturated carbocycles. The Labute approximate surface area is 121 Å². The minimum absolute atomic E-state index is 0.277. The molecule has 4 aromatic rings. The summed E-state index contributed by atoms with van der Waals surface area (Å²) in [4.78, 5) is 0. The molecule has 0 atom stereocenters. The van der Waals surface area contributed by atoms with Crippen LogP contribution in [0.25, 0.3) is 32.6 Å². The normalized spacial score (nSPS) is 11.7. The van der Waals surface area contributed by atoms with Gasteiger partial charge in [0.2, 0.25) is 0 Å². The molecule has 0 saturated heterocycles. The molecule has 0 unspecified atom stereocenters. The van der Waals surface area contributed by atoms with Gasteiger partial charge in [0.25, 0.3) is 0 Å². The van der Waals surface area contributed by atoms with Crippen molar-refractivity contribution in [2.75, 3.05) is 0 Å². The molecule has 0 radical (unpaired) electrons. The number of benzene rings is 3. The summed E-state index contributed by atoms with van der Waals surface area (Å²) in [5.41, 5.74) is 2.18. The predicted molar refractivity (Wildman–Crippen MR) is 86.0 cm³/mol. The summed E-state index contributed by atoms with van der Waals surface area (Å²) >= 11 is 0. The van der Waals surface area contributed by atoms with Gasteiger partial charge < -0.3 is 14.8 Å². The molecule has 3 heteroatoms. The summed E-state index contributed by atoms with van der Waals surface area (Å²) in [6, 6.07) is 15.1. The first-order chi connectivity index (χ1) is 10.2. The van der Waals surface area contributed by atoms with E-state index in [2.05, 4.69) is 17.6 Å². The number of hydrogen-bond acceptors (Lipinski definition) is 2. The van der Waals surface area contributed by atoms with E-state index in [4.69, 9.17) is 0 Å². The summed E-state index contributed by atoms with van der Waals surface area (Å²) in [7, 11) is 0. The van der Waals surface area contributed by atoms with Crippen LogP contribution in [-0.2, 0) is 6.54 Å². The first kappa shape index (κ1) is 12.1. The highest BCUT2D eigenvalue weighted by Gasteiger charge is 2.13. The van der Waals surface area contributed by atoms with Crippen LogP contribution >= 0.6 is 0 Å². The van der Waals surface area contributed by atoms with Gasteiger partial charge in [-0.1, -0.05) is 12.1 Å². The lowest BCUT2D eigenvalue weighted by molar-refractivity contribution is 0.475. The molecule has 0 amide bonds. The van der Waals surface area contributed by atoms with Crippen LogP contribution in [0.5, 0.6) is 11.5 Å². The third-order valence-electron chi connectivity index (χ3n) is 4.12. The number of hydrogen-bond donors (Lipinski definition) is 2. The zero-order chi connectivity index (χ0) is 14.6. The average molecular weight is 277 g/mol. The predicted octanol–water partition coefficient (Wildman–Crippen LogP) is 4.38. The highest BCUT2D eigenvalue weighted by molar-refractivity contribution is 6.17. The Morgan fingerprint density at radius 2 is 1.48 bits per heavy atom. The Morgan fingerprint density at radius 1 is 0.810 bits per heavy atom. The fourth-order valence-electron chi connectivity index (χ4n) is 3.23. The number of aromatic hydroxyl groups is 2. The van der Waals surface area contributed by atoms with E-state index in [0.29, 0.717) is 0 Å². The second-order valence-electron chi connectivity index (χ2n) is 5.31. The van der Waals surface area contributed by atoms with E-state index >= 15 is 0 Å². The number of phenolic OH excluding ortho intramolecular Hbond substituents is 2. The average Bonchev–Trinajstić information content (AvgIpc) is 2.79. The van der Waals surface area contributed by atoms with Crippen molar-refractivity contribution in [2.45, 2.75) is 13.5 Å². The minimum Gasteiger partial charge on any atom is -0.508 e. The minimum atomic E-state index is 0.277. The van der Waals surface area contributed by atoms with Gasteiger partial charge in [0.15, 0.2) is 0 Å². The lowest BCUT2D eigenvalue weighted by atomic mass is 10.1. The molecule has 0 fully saturated rings. The molecule has 1 aromatic heterocycles. The van der Waals surface area contributed by atoms with E-state index < -0.39 is 0 Å². The molecule has 2 N–H and O–H groups in total. The van der Waals surface area contributed by atoms with Crippen molar-refractivity contribution >= 4 is 32.6 Å². The highest BCUT2D eigenvalue weighted by atomic mass is 16.3. The van der Waals surface area contributed by atoms with Crippen molar-refractivity contribution in [3.05, 3.63) is 48.5 Å². The fraction of sp³-hybridized carbons (Fsp3) is 0.111. The van der Waals surface area contributed by atoms with E-state index in [9.17, 15) is 10.2 Å². The fourth-order valence-corrected chi connectivity index (χ4v) is 3.23. The molecule has 0 bridgehead atoms. The van der Waals surface area contributed by atoms with E-state index in [1.165, 1.54) is 5.39 Å². The maximum atomic E-state index is 9.78. The van der Waals surface area contributed by atoms with Gasteiger partial charge in [-0.2, -0.15) is 0 Å². The number of fused-ring (bicyclic) bond motifs is 5. The monoisotopic (exact) mass is 277 g/mol. The molecule has 1 heterocycles. The van der Waals surface area contributed by atoms with Crippen LogP contribution in [0.15, 0.2) is 48.5 Å². The molecule has 0 aliphatic rings.